The number of aromatic amines is 1. The summed E-state index contributed by atoms with van der Waals surface area (Å²) >= 11 is 0. The molecule has 0 spiro atoms. The number of rotatable bonds is 2. The molecule has 1 heterocycles. The van der Waals surface area contributed by atoms with Gasteiger partial charge in [0.25, 0.3) is 0 Å². The summed E-state index contributed by atoms with van der Waals surface area (Å²) in [7, 11) is 0. The number of hydrogen-bond donors (Lipinski definition) is 2. The van der Waals surface area contributed by atoms with Gasteiger partial charge in [0.15, 0.2) is 0 Å². The lowest BCUT2D eigenvalue weighted by Crippen LogP contribution is -2.01. The van der Waals surface area contributed by atoms with Crippen LogP contribution in [0, 0.1) is 0 Å². The van der Waals surface area contributed by atoms with E-state index in [0.717, 1.165) is 6.42 Å². The van der Waals surface area contributed by atoms with Gasteiger partial charge in [0.05, 0.1) is 6.20 Å². The summed E-state index contributed by atoms with van der Waals surface area (Å²) in [4.78, 5) is 0. The number of nitrogens with two attached hydrogens (primary N) is 1. The molecule has 0 bridgehead atoms. The fourth-order valence-electron chi connectivity index (χ4n) is 0.581. The van der Waals surface area contributed by atoms with Crippen LogP contribution in [0.3, 0.4) is 0 Å². The quantitative estimate of drug-likeness (QED) is 0.634. The molecule has 0 unspecified atom stereocenters. The molecule has 0 aromatic carbocycles. The molecule has 3 N–H and O–H groups in total. The van der Waals surface area contributed by atoms with Crippen LogP contribution in [0.2, 0.25) is 0 Å². The van der Waals surface area contributed by atoms with Crippen molar-refractivity contribution in [1.29, 1.82) is 0 Å². The third kappa shape index (κ3) is 2.49. The molecule has 1 aromatic rings. The summed E-state index contributed by atoms with van der Waals surface area (Å²) in [5, 5.41) is 6.47. The summed E-state index contributed by atoms with van der Waals surface area (Å²) in [6, 6.07) is 0. The van der Waals surface area contributed by atoms with Crippen molar-refractivity contribution in [2.24, 2.45) is 5.73 Å². The Hall–Kier alpha value is -0.540. The van der Waals surface area contributed by atoms with Crippen molar-refractivity contribution in [3.63, 3.8) is 0 Å². The first-order valence-electron chi connectivity index (χ1n) is 2.61. The molecule has 0 saturated heterocycles. The molecule has 0 fully saturated rings. The normalized spacial score (nSPS) is 8.56. The second-order valence-electron chi connectivity index (χ2n) is 1.65. The lowest BCUT2D eigenvalue weighted by molar-refractivity contribution is 0.970. The molecule has 0 aliphatic rings. The highest BCUT2D eigenvalue weighted by Crippen LogP contribution is 1.91. The topological polar surface area (TPSA) is 54.7 Å². The van der Waals surface area contributed by atoms with Crippen molar-refractivity contribution in [1.82, 2.24) is 10.2 Å². The number of halogens is 1. The summed E-state index contributed by atoms with van der Waals surface area (Å²) in [6.45, 7) is 0.694. The van der Waals surface area contributed by atoms with Gasteiger partial charge in [-0.25, -0.2) is 0 Å². The van der Waals surface area contributed by atoms with Gasteiger partial charge >= 0.3 is 0 Å². The number of H-pyrrole nitrogens is 1. The molecule has 4 heteroatoms. The van der Waals surface area contributed by atoms with Gasteiger partial charge in [-0.3, -0.25) is 5.10 Å². The molecule has 0 saturated carbocycles. The van der Waals surface area contributed by atoms with E-state index in [1.165, 1.54) is 5.56 Å². The molecule has 1 rings (SSSR count). The molecule has 0 radical (unpaired) electrons. The second kappa shape index (κ2) is 4.35. The fraction of sp³-hybridized carbons (Fsp3) is 0.400. The lowest BCUT2D eigenvalue weighted by Gasteiger charge is -1.85. The maximum absolute atomic E-state index is 5.28. The van der Waals surface area contributed by atoms with Crippen molar-refractivity contribution in [2.45, 2.75) is 6.42 Å². The molecule has 1 aromatic heterocycles. The van der Waals surface area contributed by atoms with Crippen molar-refractivity contribution >= 4 is 12.4 Å². The van der Waals surface area contributed by atoms with E-state index in [9.17, 15) is 0 Å². The average Bonchev–Trinajstić information content (AvgIpc) is 2.19. The van der Waals surface area contributed by atoms with Crippen LogP contribution in [0.5, 0.6) is 0 Å². The predicted molar refractivity (Wildman–Crippen MR) is 38.6 cm³/mol. The summed E-state index contributed by atoms with van der Waals surface area (Å²) < 4.78 is 0. The highest BCUT2D eigenvalue weighted by molar-refractivity contribution is 5.85. The van der Waals surface area contributed by atoms with Gasteiger partial charge in [-0.1, -0.05) is 0 Å². The first kappa shape index (κ1) is 8.46. The van der Waals surface area contributed by atoms with Gasteiger partial charge in [-0.2, -0.15) is 5.10 Å². The molecule has 3 nitrogen and oxygen atoms in total. The Morgan fingerprint density at radius 2 is 2.44 bits per heavy atom. The van der Waals surface area contributed by atoms with Crippen molar-refractivity contribution in [2.75, 3.05) is 6.54 Å². The molecule has 0 aliphatic heterocycles. The highest BCUT2D eigenvalue weighted by atomic mass is 35.5. The van der Waals surface area contributed by atoms with E-state index >= 15 is 0 Å². The zero-order valence-electron chi connectivity index (χ0n) is 5.00. The van der Waals surface area contributed by atoms with E-state index in [4.69, 9.17) is 5.73 Å². The summed E-state index contributed by atoms with van der Waals surface area (Å²) in [5.41, 5.74) is 6.45. The molecule has 0 atom stereocenters. The van der Waals surface area contributed by atoms with Crippen LogP contribution >= 0.6 is 12.4 Å². The van der Waals surface area contributed by atoms with Gasteiger partial charge < -0.3 is 5.73 Å². The standard InChI is InChI=1S/C5H9N3.ClH/c6-2-1-5-3-7-8-4-5;/h3-4H,1-2,6H2,(H,7,8);1H. The first-order valence-corrected chi connectivity index (χ1v) is 2.61. The Balaban J connectivity index is 0.000000640. The zero-order valence-corrected chi connectivity index (χ0v) is 5.82. The van der Waals surface area contributed by atoms with E-state index in [-0.39, 0.29) is 12.4 Å². The summed E-state index contributed by atoms with van der Waals surface area (Å²) in [5.74, 6) is 0. The maximum atomic E-state index is 5.28. The highest BCUT2D eigenvalue weighted by Gasteiger charge is 1.87. The smallest absolute Gasteiger partial charge is 0.0519 e. The number of nitrogens with one attached hydrogen (secondary N) is 1. The maximum Gasteiger partial charge on any atom is 0.0519 e. The van der Waals surface area contributed by atoms with Crippen molar-refractivity contribution < 1.29 is 0 Å². The number of hydrogen-bond acceptors (Lipinski definition) is 2. The minimum Gasteiger partial charge on any atom is -0.330 e. The Morgan fingerprint density at radius 3 is 2.89 bits per heavy atom. The van der Waals surface area contributed by atoms with Crippen LogP contribution < -0.4 is 5.73 Å². The molecule has 52 valence electrons. The minimum absolute atomic E-state index is 0. The SMILES string of the molecule is Cl.NCCc1cn[nH]c1. The number of aromatic nitrogens is 2. The van der Waals surface area contributed by atoms with Crippen LogP contribution in [0.25, 0.3) is 0 Å². The number of nitrogens with zero attached hydrogens (tertiary/aromatic N) is 1. The third-order valence-electron chi connectivity index (χ3n) is 0.988. The van der Waals surface area contributed by atoms with Crippen molar-refractivity contribution in [3.8, 4) is 0 Å². The van der Waals surface area contributed by atoms with Crippen LogP contribution in [-0.2, 0) is 6.42 Å². The van der Waals surface area contributed by atoms with E-state index in [1.54, 1.807) is 6.20 Å². The fourth-order valence-corrected chi connectivity index (χ4v) is 0.581. The second-order valence-corrected chi connectivity index (χ2v) is 1.65. The predicted octanol–water partition coefficient (Wildman–Crippen LogP) is 0.333. The molecular formula is C5H10ClN3. The average molecular weight is 148 g/mol. The largest absolute Gasteiger partial charge is 0.330 e. The molecule has 9 heavy (non-hydrogen) atoms. The van der Waals surface area contributed by atoms with E-state index < -0.39 is 0 Å². The van der Waals surface area contributed by atoms with Crippen LogP contribution in [-0.4, -0.2) is 16.7 Å². The Bertz CT molecular complexity index is 138. The molecular weight excluding hydrogens is 138 g/mol. The van der Waals surface area contributed by atoms with Crippen LogP contribution in [0.1, 0.15) is 5.56 Å². The van der Waals surface area contributed by atoms with Gasteiger partial charge in [0.2, 0.25) is 0 Å². The lowest BCUT2D eigenvalue weighted by atomic mass is 10.3. The molecule has 0 amide bonds. The zero-order chi connectivity index (χ0) is 5.82. The van der Waals surface area contributed by atoms with E-state index in [0.29, 0.717) is 6.54 Å². The minimum atomic E-state index is 0. The first-order chi connectivity index (χ1) is 3.93. The van der Waals surface area contributed by atoms with E-state index in [2.05, 4.69) is 10.2 Å². The Morgan fingerprint density at radius 1 is 1.67 bits per heavy atom. The van der Waals surface area contributed by atoms with E-state index in [1.807, 2.05) is 6.20 Å². The Kier molecular flexibility index (Phi) is 4.09. The van der Waals surface area contributed by atoms with Gasteiger partial charge in [-0.05, 0) is 18.5 Å². The monoisotopic (exact) mass is 147 g/mol. The van der Waals surface area contributed by atoms with Gasteiger partial charge in [-0.15, -0.1) is 12.4 Å². The summed E-state index contributed by atoms with van der Waals surface area (Å²) in [6.07, 6.45) is 4.55. The molecule has 0 aliphatic carbocycles. The Labute approximate surface area is 60.1 Å². The van der Waals surface area contributed by atoms with Gasteiger partial charge in [0.1, 0.15) is 0 Å². The van der Waals surface area contributed by atoms with Crippen LogP contribution in [0.4, 0.5) is 0 Å². The van der Waals surface area contributed by atoms with Crippen molar-refractivity contribution in [3.05, 3.63) is 18.0 Å². The van der Waals surface area contributed by atoms with Crippen LogP contribution in [0.15, 0.2) is 12.4 Å². The van der Waals surface area contributed by atoms with Gasteiger partial charge in [0, 0.05) is 6.20 Å². The third-order valence-corrected chi connectivity index (χ3v) is 0.988.